The Morgan fingerprint density at radius 3 is 2.47 bits per heavy atom. The Morgan fingerprint density at radius 1 is 1.40 bits per heavy atom. The topological polar surface area (TPSA) is 63.6 Å². The Kier molecular flexibility index (Phi) is 3.46. The van der Waals surface area contributed by atoms with Gasteiger partial charge in [-0.2, -0.15) is 4.91 Å². The van der Waals surface area contributed by atoms with Gasteiger partial charge in [0.15, 0.2) is 9.84 Å². The molecule has 82 valence electrons. The Bertz CT molecular complexity index is 496. The van der Waals surface area contributed by atoms with E-state index in [1.165, 1.54) is 12.1 Å². The van der Waals surface area contributed by atoms with Crippen molar-refractivity contribution in [3.63, 3.8) is 0 Å². The van der Waals surface area contributed by atoms with Crippen LogP contribution >= 0.6 is 11.6 Å². The third-order valence-electron chi connectivity index (χ3n) is 2.11. The first-order valence-electron chi connectivity index (χ1n) is 4.15. The fourth-order valence-corrected chi connectivity index (χ4v) is 2.47. The van der Waals surface area contributed by atoms with Gasteiger partial charge in [-0.15, -0.1) is 0 Å². The summed E-state index contributed by atoms with van der Waals surface area (Å²) in [5.41, 5.74) is 0.958. The van der Waals surface area contributed by atoms with Crippen LogP contribution in [0.25, 0.3) is 0 Å². The molecule has 0 radical (unpaired) electrons. The first kappa shape index (κ1) is 12.1. The van der Waals surface area contributed by atoms with E-state index < -0.39 is 9.84 Å². The zero-order chi connectivity index (χ0) is 11.6. The Labute approximate surface area is 93.1 Å². The predicted molar refractivity (Wildman–Crippen MR) is 58.8 cm³/mol. The van der Waals surface area contributed by atoms with Crippen molar-refractivity contribution in [1.82, 2.24) is 0 Å². The maximum atomic E-state index is 11.4. The Morgan fingerprint density at radius 2 is 2.00 bits per heavy atom. The van der Waals surface area contributed by atoms with Crippen molar-refractivity contribution in [1.29, 1.82) is 0 Å². The fourth-order valence-electron chi connectivity index (χ4n) is 1.31. The molecular weight excluding hydrogens is 238 g/mol. The lowest BCUT2D eigenvalue weighted by atomic mass is 10.1. The summed E-state index contributed by atoms with van der Waals surface area (Å²) >= 11 is 5.83. The number of benzene rings is 1. The molecular formula is C9H10ClNO3S. The molecule has 0 aromatic heterocycles. The second-order valence-corrected chi connectivity index (χ2v) is 5.60. The number of nitroso groups, excluding NO2 is 1. The average molecular weight is 248 g/mol. The van der Waals surface area contributed by atoms with Gasteiger partial charge in [-0.25, -0.2) is 8.42 Å². The maximum absolute atomic E-state index is 11.4. The molecule has 0 N–H and O–H groups in total. The van der Waals surface area contributed by atoms with Crippen LogP contribution in [0.15, 0.2) is 22.2 Å². The second-order valence-electron chi connectivity index (χ2n) is 3.21. The van der Waals surface area contributed by atoms with Gasteiger partial charge >= 0.3 is 0 Å². The van der Waals surface area contributed by atoms with E-state index in [4.69, 9.17) is 11.6 Å². The fraction of sp³-hybridized carbons (Fsp3) is 0.333. The summed E-state index contributed by atoms with van der Waals surface area (Å²) in [5.74, 6) is 0. The number of hydrogen-bond donors (Lipinski definition) is 0. The number of sulfone groups is 1. The summed E-state index contributed by atoms with van der Waals surface area (Å²) in [7, 11) is -3.35. The number of nitrogens with zero attached hydrogens (tertiary/aromatic N) is 1. The highest BCUT2D eigenvalue weighted by molar-refractivity contribution is 7.90. The minimum Gasteiger partial charge on any atom is -0.224 e. The minimum atomic E-state index is -3.35. The Hall–Kier alpha value is -0.940. The highest BCUT2D eigenvalue weighted by atomic mass is 35.5. The molecule has 0 amide bonds. The molecule has 0 heterocycles. The summed E-state index contributed by atoms with van der Waals surface area (Å²) < 4.78 is 22.8. The first-order chi connectivity index (χ1) is 6.88. The van der Waals surface area contributed by atoms with Crippen LogP contribution in [0.3, 0.4) is 0 Å². The van der Waals surface area contributed by atoms with E-state index in [1.807, 2.05) is 0 Å². The smallest absolute Gasteiger partial charge is 0.175 e. The van der Waals surface area contributed by atoms with Crippen molar-refractivity contribution in [3.8, 4) is 0 Å². The van der Waals surface area contributed by atoms with E-state index in [1.54, 1.807) is 6.92 Å². The van der Waals surface area contributed by atoms with Crippen LogP contribution in [-0.2, 0) is 16.4 Å². The van der Waals surface area contributed by atoms with Crippen molar-refractivity contribution in [2.45, 2.75) is 18.4 Å². The molecule has 0 aliphatic heterocycles. The van der Waals surface area contributed by atoms with Gasteiger partial charge in [0.1, 0.15) is 6.54 Å². The molecule has 0 fully saturated rings. The van der Waals surface area contributed by atoms with Gasteiger partial charge in [-0.1, -0.05) is 16.8 Å². The first-order valence-corrected chi connectivity index (χ1v) is 6.42. The lowest BCUT2D eigenvalue weighted by molar-refractivity contribution is 0.600. The summed E-state index contributed by atoms with van der Waals surface area (Å²) in [6, 6.07) is 2.90. The molecule has 0 saturated heterocycles. The summed E-state index contributed by atoms with van der Waals surface area (Å²) in [6.45, 7) is 1.48. The van der Waals surface area contributed by atoms with E-state index >= 15 is 0 Å². The lowest BCUT2D eigenvalue weighted by Crippen LogP contribution is -2.04. The SMILES string of the molecule is Cc1c(Cl)ccc(S(C)(=O)=O)c1CN=O. The number of hydrogen-bond acceptors (Lipinski definition) is 4. The molecule has 0 saturated carbocycles. The molecule has 0 aliphatic carbocycles. The molecule has 0 unspecified atom stereocenters. The molecule has 0 spiro atoms. The normalized spacial score (nSPS) is 11.4. The van der Waals surface area contributed by atoms with Crippen LogP contribution < -0.4 is 0 Å². The molecule has 0 bridgehead atoms. The summed E-state index contributed by atoms with van der Waals surface area (Å²) in [5, 5.41) is 3.14. The van der Waals surface area contributed by atoms with E-state index in [0.29, 0.717) is 16.1 Å². The predicted octanol–water partition coefficient (Wildman–Crippen LogP) is 2.32. The third kappa shape index (κ3) is 2.54. The molecule has 1 aromatic carbocycles. The van der Waals surface area contributed by atoms with Crippen molar-refractivity contribution in [2.24, 2.45) is 5.18 Å². The number of rotatable bonds is 3. The van der Waals surface area contributed by atoms with Crippen LogP contribution in [0.1, 0.15) is 11.1 Å². The van der Waals surface area contributed by atoms with Gasteiger partial charge in [0.2, 0.25) is 0 Å². The third-order valence-corrected chi connectivity index (χ3v) is 3.70. The van der Waals surface area contributed by atoms with E-state index in [0.717, 1.165) is 6.26 Å². The van der Waals surface area contributed by atoms with Crippen LogP contribution in [0.4, 0.5) is 0 Å². The highest BCUT2D eigenvalue weighted by Crippen LogP contribution is 2.26. The molecule has 1 aromatic rings. The average Bonchev–Trinajstić information content (AvgIpc) is 2.11. The lowest BCUT2D eigenvalue weighted by Gasteiger charge is -2.09. The van der Waals surface area contributed by atoms with Crippen LogP contribution in [0.5, 0.6) is 0 Å². The Balaban J connectivity index is 3.53. The second kappa shape index (κ2) is 4.28. The molecule has 6 heteroatoms. The zero-order valence-electron chi connectivity index (χ0n) is 8.32. The van der Waals surface area contributed by atoms with Gasteiger partial charge in [-0.3, -0.25) is 0 Å². The molecule has 0 atom stereocenters. The molecule has 1 rings (SSSR count). The van der Waals surface area contributed by atoms with E-state index in [-0.39, 0.29) is 11.4 Å². The van der Waals surface area contributed by atoms with Crippen molar-refractivity contribution in [2.75, 3.05) is 6.26 Å². The summed E-state index contributed by atoms with van der Waals surface area (Å²) in [4.78, 5) is 10.3. The summed E-state index contributed by atoms with van der Waals surface area (Å²) in [6.07, 6.45) is 1.09. The quantitative estimate of drug-likeness (QED) is 0.770. The molecule has 4 nitrogen and oxygen atoms in total. The standard InChI is InChI=1S/C9H10ClNO3S/c1-6-7(5-11-12)9(15(2,13)14)4-3-8(6)10/h3-4H,5H2,1-2H3. The van der Waals surface area contributed by atoms with Crippen molar-refractivity contribution < 1.29 is 8.42 Å². The number of halogens is 1. The van der Waals surface area contributed by atoms with E-state index in [2.05, 4.69) is 5.18 Å². The maximum Gasteiger partial charge on any atom is 0.175 e. The highest BCUT2D eigenvalue weighted by Gasteiger charge is 2.16. The van der Waals surface area contributed by atoms with Crippen molar-refractivity contribution in [3.05, 3.63) is 33.2 Å². The van der Waals surface area contributed by atoms with Crippen LogP contribution in [0.2, 0.25) is 5.02 Å². The van der Waals surface area contributed by atoms with E-state index in [9.17, 15) is 13.3 Å². The monoisotopic (exact) mass is 247 g/mol. The largest absolute Gasteiger partial charge is 0.224 e. The van der Waals surface area contributed by atoms with Gasteiger partial charge in [0.05, 0.1) is 4.90 Å². The van der Waals surface area contributed by atoms with Crippen molar-refractivity contribution >= 4 is 21.4 Å². The van der Waals surface area contributed by atoms with Crippen LogP contribution in [0, 0.1) is 11.8 Å². The van der Waals surface area contributed by atoms with Gasteiger partial charge in [-0.05, 0) is 24.6 Å². The minimum absolute atomic E-state index is 0.115. The van der Waals surface area contributed by atoms with Gasteiger partial charge in [0.25, 0.3) is 0 Å². The molecule has 15 heavy (non-hydrogen) atoms. The zero-order valence-corrected chi connectivity index (χ0v) is 9.89. The van der Waals surface area contributed by atoms with Crippen LogP contribution in [-0.4, -0.2) is 14.7 Å². The van der Waals surface area contributed by atoms with Gasteiger partial charge < -0.3 is 0 Å². The van der Waals surface area contributed by atoms with Gasteiger partial charge in [0, 0.05) is 16.8 Å². The molecule has 0 aliphatic rings.